The maximum absolute atomic E-state index is 9.81. The van der Waals surface area contributed by atoms with Gasteiger partial charge in [0, 0.05) is 6.54 Å². The molecule has 0 aliphatic carbocycles. The first-order valence-corrected chi connectivity index (χ1v) is 7.29. The van der Waals surface area contributed by atoms with Gasteiger partial charge < -0.3 is 15.2 Å². The summed E-state index contributed by atoms with van der Waals surface area (Å²) in [7, 11) is 0. The number of ether oxygens (including phenoxy) is 1. The fourth-order valence-corrected chi connectivity index (χ4v) is 1.90. The molecule has 3 heteroatoms. The van der Waals surface area contributed by atoms with E-state index in [2.05, 4.69) is 12.2 Å². The Labute approximate surface area is 117 Å². The van der Waals surface area contributed by atoms with Gasteiger partial charge >= 0.3 is 0 Å². The molecule has 2 unspecified atom stereocenters. The number of aliphatic hydroxyl groups is 1. The maximum Gasteiger partial charge on any atom is 0.0897 e. The first-order chi connectivity index (χ1) is 9.24. The highest BCUT2D eigenvalue weighted by molar-refractivity contribution is 5.16. The second-order valence-corrected chi connectivity index (χ2v) is 4.95. The molecule has 19 heavy (non-hydrogen) atoms. The minimum absolute atomic E-state index is 0.0240. The van der Waals surface area contributed by atoms with Crippen molar-refractivity contribution in [3.05, 3.63) is 35.9 Å². The fourth-order valence-electron chi connectivity index (χ4n) is 1.90. The average Bonchev–Trinajstić information content (AvgIpc) is 2.45. The predicted molar refractivity (Wildman–Crippen MR) is 79.2 cm³/mol. The Hall–Kier alpha value is -0.900. The molecule has 0 spiro atoms. The van der Waals surface area contributed by atoms with E-state index in [1.54, 1.807) is 0 Å². The number of hydrogen-bond acceptors (Lipinski definition) is 3. The highest BCUT2D eigenvalue weighted by atomic mass is 16.5. The Morgan fingerprint density at radius 3 is 2.63 bits per heavy atom. The van der Waals surface area contributed by atoms with Crippen molar-refractivity contribution in [2.75, 3.05) is 19.7 Å². The van der Waals surface area contributed by atoms with Crippen molar-refractivity contribution in [3.63, 3.8) is 0 Å². The molecule has 0 aromatic heterocycles. The van der Waals surface area contributed by atoms with Crippen LogP contribution in [-0.4, -0.2) is 30.9 Å². The van der Waals surface area contributed by atoms with Crippen LogP contribution in [0.2, 0.25) is 0 Å². The minimum atomic E-state index is -0.437. The van der Waals surface area contributed by atoms with Crippen LogP contribution in [0.5, 0.6) is 0 Å². The molecule has 0 heterocycles. The summed E-state index contributed by atoms with van der Waals surface area (Å²) in [6, 6.07) is 10.1. The second-order valence-electron chi connectivity index (χ2n) is 4.95. The Morgan fingerprint density at radius 1 is 1.21 bits per heavy atom. The summed E-state index contributed by atoms with van der Waals surface area (Å²) in [5.74, 6) is 0. The van der Waals surface area contributed by atoms with E-state index in [0.717, 1.165) is 12.1 Å². The lowest BCUT2D eigenvalue weighted by molar-refractivity contribution is -0.00197. The van der Waals surface area contributed by atoms with Gasteiger partial charge in [0.2, 0.25) is 0 Å². The number of rotatable bonds is 10. The van der Waals surface area contributed by atoms with Crippen LogP contribution in [0, 0.1) is 0 Å². The van der Waals surface area contributed by atoms with Crippen LogP contribution in [0.15, 0.2) is 30.3 Å². The van der Waals surface area contributed by atoms with Crippen molar-refractivity contribution in [1.29, 1.82) is 0 Å². The van der Waals surface area contributed by atoms with Gasteiger partial charge in [0.15, 0.2) is 0 Å². The Morgan fingerprint density at radius 2 is 1.95 bits per heavy atom. The predicted octanol–water partition coefficient (Wildman–Crippen LogP) is 2.90. The highest BCUT2D eigenvalue weighted by Gasteiger charge is 2.09. The molecule has 2 atom stereocenters. The highest BCUT2D eigenvalue weighted by Crippen LogP contribution is 2.15. The zero-order valence-electron chi connectivity index (χ0n) is 12.1. The molecule has 0 saturated carbocycles. The van der Waals surface area contributed by atoms with Crippen molar-refractivity contribution >= 4 is 0 Å². The lowest BCUT2D eigenvalue weighted by atomic mass is 10.1. The number of aliphatic hydroxyl groups excluding tert-OH is 1. The van der Waals surface area contributed by atoms with Crippen LogP contribution in [0.3, 0.4) is 0 Å². The number of unbranched alkanes of at least 4 members (excludes halogenated alkanes) is 2. The summed E-state index contributed by atoms with van der Waals surface area (Å²) in [5, 5.41) is 13.1. The van der Waals surface area contributed by atoms with E-state index in [1.807, 2.05) is 37.3 Å². The third-order valence-corrected chi connectivity index (χ3v) is 3.14. The van der Waals surface area contributed by atoms with Gasteiger partial charge in [-0.15, -0.1) is 0 Å². The van der Waals surface area contributed by atoms with Crippen molar-refractivity contribution in [1.82, 2.24) is 5.32 Å². The Bertz CT molecular complexity index is 316. The molecule has 0 fully saturated rings. The number of hydrogen-bond donors (Lipinski definition) is 2. The monoisotopic (exact) mass is 265 g/mol. The molecule has 0 bridgehead atoms. The zero-order chi connectivity index (χ0) is 13.9. The molecule has 0 radical (unpaired) electrons. The molecule has 0 aliphatic heterocycles. The standard InChI is InChI=1S/C16H27NO2/c1-3-4-8-11-17-12-16(18)13-19-14(2)15-9-6-5-7-10-15/h5-7,9-10,14,16-18H,3-4,8,11-13H2,1-2H3. The third kappa shape index (κ3) is 7.31. The van der Waals surface area contributed by atoms with Gasteiger partial charge in [-0.05, 0) is 25.5 Å². The van der Waals surface area contributed by atoms with Crippen molar-refractivity contribution in [2.45, 2.75) is 45.3 Å². The third-order valence-electron chi connectivity index (χ3n) is 3.14. The maximum atomic E-state index is 9.81. The van der Waals surface area contributed by atoms with Crippen molar-refractivity contribution in [3.8, 4) is 0 Å². The normalized spacial score (nSPS) is 14.3. The quantitative estimate of drug-likeness (QED) is 0.639. The first-order valence-electron chi connectivity index (χ1n) is 7.29. The van der Waals surface area contributed by atoms with E-state index in [4.69, 9.17) is 4.74 Å². The largest absolute Gasteiger partial charge is 0.389 e. The molecule has 1 aromatic rings. The summed E-state index contributed by atoms with van der Waals surface area (Å²) >= 11 is 0. The van der Waals surface area contributed by atoms with Gasteiger partial charge in [0.25, 0.3) is 0 Å². The van der Waals surface area contributed by atoms with E-state index in [0.29, 0.717) is 13.2 Å². The van der Waals surface area contributed by atoms with Gasteiger partial charge in [0.1, 0.15) is 0 Å². The van der Waals surface area contributed by atoms with Crippen LogP contribution < -0.4 is 5.32 Å². The number of benzene rings is 1. The first kappa shape index (κ1) is 16.2. The van der Waals surface area contributed by atoms with E-state index in [9.17, 15) is 5.11 Å². The van der Waals surface area contributed by atoms with Crippen LogP contribution >= 0.6 is 0 Å². The topological polar surface area (TPSA) is 41.5 Å². The summed E-state index contributed by atoms with van der Waals surface area (Å²) in [4.78, 5) is 0. The van der Waals surface area contributed by atoms with Crippen molar-refractivity contribution in [2.24, 2.45) is 0 Å². The fraction of sp³-hybridized carbons (Fsp3) is 0.625. The van der Waals surface area contributed by atoms with E-state index in [-0.39, 0.29) is 6.10 Å². The summed E-state index contributed by atoms with van der Waals surface area (Å²) in [5.41, 5.74) is 1.14. The van der Waals surface area contributed by atoms with Gasteiger partial charge in [-0.25, -0.2) is 0 Å². The lowest BCUT2D eigenvalue weighted by Gasteiger charge is -2.17. The molecule has 0 amide bonds. The SMILES string of the molecule is CCCCCNCC(O)COC(C)c1ccccc1. The van der Waals surface area contributed by atoms with Crippen molar-refractivity contribution < 1.29 is 9.84 Å². The van der Waals surface area contributed by atoms with E-state index >= 15 is 0 Å². The molecular weight excluding hydrogens is 238 g/mol. The van der Waals surface area contributed by atoms with Gasteiger partial charge in [0.05, 0.1) is 18.8 Å². The van der Waals surface area contributed by atoms with Crippen LogP contribution in [0.25, 0.3) is 0 Å². The minimum Gasteiger partial charge on any atom is -0.389 e. The van der Waals surface area contributed by atoms with E-state index < -0.39 is 6.10 Å². The smallest absolute Gasteiger partial charge is 0.0897 e. The molecule has 1 rings (SSSR count). The molecule has 108 valence electrons. The van der Waals surface area contributed by atoms with Gasteiger partial charge in [-0.3, -0.25) is 0 Å². The average molecular weight is 265 g/mol. The van der Waals surface area contributed by atoms with E-state index in [1.165, 1.54) is 19.3 Å². The summed E-state index contributed by atoms with van der Waals surface area (Å²) in [6.45, 7) is 6.14. The molecule has 2 N–H and O–H groups in total. The van der Waals surface area contributed by atoms with Gasteiger partial charge in [-0.1, -0.05) is 50.1 Å². The lowest BCUT2D eigenvalue weighted by Crippen LogP contribution is -2.31. The molecule has 3 nitrogen and oxygen atoms in total. The molecule has 0 aliphatic rings. The molecular formula is C16H27NO2. The molecule has 1 aromatic carbocycles. The molecule has 0 saturated heterocycles. The summed E-state index contributed by atoms with van der Waals surface area (Å²) < 4.78 is 5.68. The zero-order valence-corrected chi connectivity index (χ0v) is 12.1. The van der Waals surface area contributed by atoms with Crippen LogP contribution in [0.4, 0.5) is 0 Å². The van der Waals surface area contributed by atoms with Gasteiger partial charge in [-0.2, -0.15) is 0 Å². The second kappa shape index (κ2) is 9.96. The Kier molecular flexibility index (Phi) is 8.47. The Balaban J connectivity index is 2.11. The van der Waals surface area contributed by atoms with Crippen LogP contribution in [-0.2, 0) is 4.74 Å². The van der Waals surface area contributed by atoms with Crippen LogP contribution in [0.1, 0.15) is 44.8 Å². The summed E-state index contributed by atoms with van der Waals surface area (Å²) in [6.07, 6.45) is 3.22. The number of nitrogens with one attached hydrogen (secondary N) is 1.